The Morgan fingerprint density at radius 3 is 2.62 bits per heavy atom. The maximum absolute atomic E-state index is 11.5. The summed E-state index contributed by atoms with van der Waals surface area (Å²) in [4.78, 5) is 11.5. The standard InChI is InChI=1S/C19H27NO4/c1-18(2,3)12-5-6-13-15(9-12)24-10-14(16(13)21)20-11-19(17(22)23)7-4-8-19/h5-6,9,14,16,20-21H,4,7-8,10-11H2,1-3H3,(H,22,23)/t14-,16+/m0/s1. The maximum atomic E-state index is 11.5. The number of carboxylic acid groups (broad SMARTS) is 1. The zero-order valence-corrected chi connectivity index (χ0v) is 14.6. The van der Waals surface area contributed by atoms with E-state index in [1.807, 2.05) is 18.2 Å². The average Bonchev–Trinajstić information content (AvgIpc) is 2.46. The van der Waals surface area contributed by atoms with E-state index in [1.54, 1.807) is 0 Å². The van der Waals surface area contributed by atoms with Crippen molar-refractivity contribution < 1.29 is 19.7 Å². The predicted molar refractivity (Wildman–Crippen MR) is 91.3 cm³/mol. The Morgan fingerprint density at radius 2 is 2.08 bits per heavy atom. The molecule has 5 heteroatoms. The Labute approximate surface area is 143 Å². The summed E-state index contributed by atoms with van der Waals surface area (Å²) in [6.45, 7) is 7.15. The van der Waals surface area contributed by atoms with Gasteiger partial charge in [0.05, 0.1) is 11.5 Å². The number of hydrogen-bond acceptors (Lipinski definition) is 4. The molecule has 2 atom stereocenters. The van der Waals surface area contributed by atoms with E-state index in [1.165, 1.54) is 5.56 Å². The molecule has 1 aromatic rings. The molecule has 0 spiro atoms. The fraction of sp³-hybridized carbons (Fsp3) is 0.632. The zero-order chi connectivity index (χ0) is 17.5. The molecule has 1 aromatic carbocycles. The van der Waals surface area contributed by atoms with Crippen LogP contribution in [-0.4, -0.2) is 35.4 Å². The molecule has 2 aliphatic rings. The summed E-state index contributed by atoms with van der Waals surface area (Å²) in [6, 6.07) is 5.66. The van der Waals surface area contributed by atoms with Crippen LogP contribution in [0.15, 0.2) is 18.2 Å². The molecule has 0 saturated heterocycles. The average molecular weight is 333 g/mol. The van der Waals surface area contributed by atoms with Gasteiger partial charge in [0.2, 0.25) is 0 Å². The molecule has 0 radical (unpaired) electrons. The summed E-state index contributed by atoms with van der Waals surface area (Å²) < 4.78 is 5.85. The minimum Gasteiger partial charge on any atom is -0.491 e. The normalized spacial score (nSPS) is 25.3. The number of nitrogens with one attached hydrogen (secondary N) is 1. The summed E-state index contributed by atoms with van der Waals surface area (Å²) in [7, 11) is 0. The van der Waals surface area contributed by atoms with Gasteiger partial charge in [-0.1, -0.05) is 39.3 Å². The molecule has 1 aliphatic heterocycles. The van der Waals surface area contributed by atoms with Gasteiger partial charge in [0.1, 0.15) is 18.5 Å². The van der Waals surface area contributed by atoms with E-state index in [4.69, 9.17) is 4.74 Å². The lowest BCUT2D eigenvalue weighted by atomic mass is 9.68. The second-order valence-electron chi connectivity index (χ2n) is 8.18. The lowest BCUT2D eigenvalue weighted by Crippen LogP contribution is -2.52. The summed E-state index contributed by atoms with van der Waals surface area (Å²) in [5.74, 6) is -0.0211. The Hall–Kier alpha value is -1.59. The Balaban J connectivity index is 1.71. The van der Waals surface area contributed by atoms with Crippen LogP contribution < -0.4 is 10.1 Å². The highest BCUT2D eigenvalue weighted by molar-refractivity contribution is 5.76. The predicted octanol–water partition coefficient (Wildman–Crippen LogP) is 2.62. The van der Waals surface area contributed by atoms with Crippen LogP contribution in [0.5, 0.6) is 5.75 Å². The molecule has 132 valence electrons. The minimum atomic E-state index is -0.748. The van der Waals surface area contributed by atoms with Crippen LogP contribution in [0, 0.1) is 5.41 Å². The molecule has 0 unspecified atom stereocenters. The summed E-state index contributed by atoms with van der Waals surface area (Å²) in [6.07, 6.45) is 1.67. The van der Waals surface area contributed by atoms with Crippen molar-refractivity contribution in [1.29, 1.82) is 0 Å². The number of ether oxygens (including phenoxy) is 1. The lowest BCUT2D eigenvalue weighted by Gasteiger charge is -2.40. The van der Waals surface area contributed by atoms with Gasteiger partial charge in [-0.25, -0.2) is 0 Å². The van der Waals surface area contributed by atoms with Crippen molar-refractivity contribution in [1.82, 2.24) is 5.32 Å². The SMILES string of the molecule is CC(C)(C)c1ccc2c(c1)OC[C@H](NCC1(C(=O)O)CCC1)[C@@H]2O. The summed E-state index contributed by atoms with van der Waals surface area (Å²) in [5.41, 5.74) is 1.29. The van der Waals surface area contributed by atoms with Gasteiger partial charge in [0.15, 0.2) is 0 Å². The number of rotatable bonds is 4. The molecule has 0 amide bonds. The third-order valence-electron chi connectivity index (χ3n) is 5.46. The third kappa shape index (κ3) is 3.03. The smallest absolute Gasteiger partial charge is 0.310 e. The number of aliphatic hydroxyl groups is 1. The minimum absolute atomic E-state index is 0.0243. The van der Waals surface area contributed by atoms with Crippen LogP contribution >= 0.6 is 0 Å². The number of benzene rings is 1. The monoisotopic (exact) mass is 333 g/mol. The molecule has 0 aromatic heterocycles. The quantitative estimate of drug-likeness (QED) is 0.789. The Morgan fingerprint density at radius 1 is 1.38 bits per heavy atom. The van der Waals surface area contributed by atoms with Gasteiger partial charge in [-0.3, -0.25) is 4.79 Å². The van der Waals surface area contributed by atoms with Crippen molar-refractivity contribution in [2.24, 2.45) is 5.41 Å². The fourth-order valence-corrected chi connectivity index (χ4v) is 3.42. The van der Waals surface area contributed by atoms with Crippen LogP contribution in [-0.2, 0) is 10.2 Å². The van der Waals surface area contributed by atoms with E-state index in [9.17, 15) is 15.0 Å². The second kappa shape index (κ2) is 6.05. The molecule has 1 aliphatic carbocycles. The van der Waals surface area contributed by atoms with E-state index in [0.717, 1.165) is 17.7 Å². The van der Waals surface area contributed by atoms with E-state index in [-0.39, 0.29) is 11.5 Å². The van der Waals surface area contributed by atoms with Crippen molar-refractivity contribution in [3.63, 3.8) is 0 Å². The topological polar surface area (TPSA) is 78.8 Å². The highest BCUT2D eigenvalue weighted by atomic mass is 16.5. The largest absolute Gasteiger partial charge is 0.491 e. The van der Waals surface area contributed by atoms with Gasteiger partial charge in [-0.2, -0.15) is 0 Å². The molecule has 1 heterocycles. The van der Waals surface area contributed by atoms with Crippen molar-refractivity contribution in [3.8, 4) is 5.75 Å². The van der Waals surface area contributed by atoms with Crippen LogP contribution in [0.2, 0.25) is 0 Å². The number of fused-ring (bicyclic) bond motifs is 1. The van der Waals surface area contributed by atoms with Gasteiger partial charge >= 0.3 is 5.97 Å². The van der Waals surface area contributed by atoms with Gasteiger partial charge in [0, 0.05) is 12.1 Å². The molecule has 0 bridgehead atoms. The first-order valence-electron chi connectivity index (χ1n) is 8.65. The molecular weight excluding hydrogens is 306 g/mol. The van der Waals surface area contributed by atoms with Crippen molar-refractivity contribution in [2.45, 2.75) is 57.6 Å². The Bertz CT molecular complexity index is 631. The number of hydrogen-bond donors (Lipinski definition) is 3. The van der Waals surface area contributed by atoms with Crippen molar-refractivity contribution in [3.05, 3.63) is 29.3 Å². The van der Waals surface area contributed by atoms with Gasteiger partial charge in [-0.15, -0.1) is 0 Å². The van der Waals surface area contributed by atoms with Gasteiger partial charge in [0.25, 0.3) is 0 Å². The lowest BCUT2D eigenvalue weighted by molar-refractivity contribution is -0.154. The Kier molecular flexibility index (Phi) is 4.34. The highest BCUT2D eigenvalue weighted by Gasteiger charge is 2.45. The maximum Gasteiger partial charge on any atom is 0.310 e. The second-order valence-corrected chi connectivity index (χ2v) is 8.18. The van der Waals surface area contributed by atoms with Crippen molar-refractivity contribution >= 4 is 5.97 Å². The van der Waals surface area contributed by atoms with E-state index < -0.39 is 17.5 Å². The molecule has 1 fully saturated rings. The number of aliphatic carboxylic acids is 1. The first kappa shape index (κ1) is 17.2. The van der Waals surface area contributed by atoms with Crippen LogP contribution in [0.1, 0.15) is 57.3 Å². The molecular formula is C19H27NO4. The van der Waals surface area contributed by atoms with Crippen LogP contribution in [0.3, 0.4) is 0 Å². The molecule has 3 rings (SSSR count). The molecule has 3 N–H and O–H groups in total. The van der Waals surface area contributed by atoms with Crippen molar-refractivity contribution in [2.75, 3.05) is 13.2 Å². The van der Waals surface area contributed by atoms with E-state index in [0.29, 0.717) is 26.0 Å². The summed E-state index contributed by atoms with van der Waals surface area (Å²) >= 11 is 0. The summed E-state index contributed by atoms with van der Waals surface area (Å²) in [5, 5.41) is 23.3. The van der Waals surface area contributed by atoms with Gasteiger partial charge < -0.3 is 20.3 Å². The molecule has 1 saturated carbocycles. The molecule has 5 nitrogen and oxygen atoms in total. The first-order chi connectivity index (χ1) is 11.2. The van der Waals surface area contributed by atoms with Gasteiger partial charge in [-0.05, 0) is 29.9 Å². The van der Waals surface area contributed by atoms with Crippen LogP contribution in [0.4, 0.5) is 0 Å². The van der Waals surface area contributed by atoms with Crippen LogP contribution in [0.25, 0.3) is 0 Å². The zero-order valence-electron chi connectivity index (χ0n) is 14.6. The number of carboxylic acids is 1. The molecule has 24 heavy (non-hydrogen) atoms. The van der Waals surface area contributed by atoms with E-state index >= 15 is 0 Å². The third-order valence-corrected chi connectivity index (χ3v) is 5.46. The number of aliphatic hydroxyl groups excluding tert-OH is 1. The highest BCUT2D eigenvalue weighted by Crippen LogP contribution is 2.41. The fourth-order valence-electron chi connectivity index (χ4n) is 3.42. The van der Waals surface area contributed by atoms with E-state index in [2.05, 4.69) is 26.1 Å². The first-order valence-corrected chi connectivity index (χ1v) is 8.65. The number of carbonyl (C=O) groups is 1.